The van der Waals surface area contributed by atoms with Crippen molar-refractivity contribution in [2.75, 3.05) is 11.4 Å². The molecule has 2 unspecified atom stereocenters. The largest absolute Gasteiger partial charge is 0.364 e. The predicted octanol–water partition coefficient (Wildman–Crippen LogP) is 5.07. The van der Waals surface area contributed by atoms with E-state index >= 15 is 0 Å². The third-order valence-corrected chi connectivity index (χ3v) is 6.46. The molecule has 1 saturated heterocycles. The summed E-state index contributed by atoms with van der Waals surface area (Å²) in [5, 5.41) is 3.48. The lowest BCUT2D eigenvalue weighted by atomic mass is 9.78. The number of halogens is 1. The predicted molar refractivity (Wildman–Crippen MR) is 95.4 cm³/mol. The molecule has 2 fully saturated rings. The lowest BCUT2D eigenvalue weighted by Gasteiger charge is -2.45. The highest BCUT2D eigenvalue weighted by Crippen LogP contribution is 2.37. The average molecular weight is 334 g/mol. The van der Waals surface area contributed by atoms with Gasteiger partial charge in [0, 0.05) is 33.1 Å². The van der Waals surface area contributed by atoms with Crippen LogP contribution in [0, 0.1) is 5.92 Å². The van der Waals surface area contributed by atoms with E-state index < -0.39 is 0 Å². The third-order valence-electron chi connectivity index (χ3n) is 5.27. The Bertz CT molecular complexity index is 754. The van der Waals surface area contributed by atoms with E-state index in [2.05, 4.69) is 10.3 Å². The second-order valence-electron chi connectivity index (χ2n) is 6.54. The van der Waals surface area contributed by atoms with Crippen molar-refractivity contribution in [1.82, 2.24) is 0 Å². The smallest absolute Gasteiger partial charge is 0.211 e. The molecule has 2 nitrogen and oxygen atoms in total. The molecule has 1 aliphatic heterocycles. The number of fused-ring (bicyclic) bond motifs is 2. The van der Waals surface area contributed by atoms with Gasteiger partial charge in [0.1, 0.15) is 0 Å². The maximum Gasteiger partial charge on any atom is 0.211 e. The highest BCUT2D eigenvalue weighted by atomic mass is 35.5. The molecule has 2 aromatic rings. The van der Waals surface area contributed by atoms with E-state index in [0.717, 1.165) is 28.2 Å². The fourth-order valence-electron chi connectivity index (χ4n) is 4.22. The second kappa shape index (κ2) is 5.86. The minimum absolute atomic E-state index is 0.155. The Morgan fingerprint density at radius 3 is 2.86 bits per heavy atom. The molecule has 1 aliphatic carbocycles. The third kappa shape index (κ3) is 2.44. The average Bonchev–Trinajstić information content (AvgIpc) is 2.55. The summed E-state index contributed by atoms with van der Waals surface area (Å²) >= 11 is 7.75. The maximum atomic E-state index is 13.0. The van der Waals surface area contributed by atoms with Crippen molar-refractivity contribution >= 4 is 38.7 Å². The van der Waals surface area contributed by atoms with E-state index in [1.54, 1.807) is 11.3 Å². The second-order valence-corrected chi connectivity index (χ2v) is 7.89. The number of benzene rings is 1. The van der Waals surface area contributed by atoms with Crippen LogP contribution >= 0.6 is 22.9 Å². The quantitative estimate of drug-likeness (QED) is 0.725. The molecule has 1 aromatic heterocycles. The highest BCUT2D eigenvalue weighted by Gasteiger charge is 2.34. The number of hydrogen-bond acceptors (Lipinski definition) is 3. The Morgan fingerprint density at radius 1 is 1.14 bits per heavy atom. The molecule has 4 heteroatoms. The van der Waals surface area contributed by atoms with E-state index in [1.165, 1.54) is 38.5 Å². The summed E-state index contributed by atoms with van der Waals surface area (Å²) in [5.41, 5.74) is 1.05. The lowest BCUT2D eigenvalue weighted by Crippen LogP contribution is -2.48. The zero-order chi connectivity index (χ0) is 15.1. The Morgan fingerprint density at radius 2 is 1.95 bits per heavy atom. The molecule has 1 saturated carbocycles. The zero-order valence-electron chi connectivity index (χ0n) is 12.6. The van der Waals surface area contributed by atoms with E-state index in [1.807, 2.05) is 18.2 Å². The fourth-order valence-corrected chi connectivity index (χ4v) is 5.29. The summed E-state index contributed by atoms with van der Waals surface area (Å²) in [5.74, 6) is 0.780. The van der Waals surface area contributed by atoms with Crippen LogP contribution in [0.25, 0.3) is 10.1 Å². The number of anilines is 1. The van der Waals surface area contributed by atoms with Gasteiger partial charge in [0.05, 0.1) is 5.69 Å². The molecular weight excluding hydrogens is 314 g/mol. The van der Waals surface area contributed by atoms with Crippen LogP contribution in [-0.4, -0.2) is 12.6 Å². The van der Waals surface area contributed by atoms with Crippen LogP contribution in [0.15, 0.2) is 28.4 Å². The van der Waals surface area contributed by atoms with Gasteiger partial charge in [-0.2, -0.15) is 0 Å². The van der Waals surface area contributed by atoms with Crippen molar-refractivity contribution in [2.24, 2.45) is 5.92 Å². The minimum atomic E-state index is 0.155. The number of rotatable bonds is 1. The van der Waals surface area contributed by atoms with Crippen molar-refractivity contribution in [2.45, 2.75) is 44.6 Å². The first-order chi connectivity index (χ1) is 10.7. The van der Waals surface area contributed by atoms with Gasteiger partial charge in [0.2, 0.25) is 5.43 Å². The fraction of sp³-hybridized carbons (Fsp3) is 0.500. The van der Waals surface area contributed by atoms with E-state index in [-0.39, 0.29) is 5.43 Å². The lowest BCUT2D eigenvalue weighted by molar-refractivity contribution is 0.243. The van der Waals surface area contributed by atoms with Crippen molar-refractivity contribution in [3.8, 4) is 0 Å². The van der Waals surface area contributed by atoms with Crippen LogP contribution in [0.3, 0.4) is 0 Å². The Balaban J connectivity index is 1.79. The van der Waals surface area contributed by atoms with Gasteiger partial charge in [-0.1, -0.05) is 24.4 Å². The summed E-state index contributed by atoms with van der Waals surface area (Å²) in [6.07, 6.45) is 7.77. The molecule has 2 heterocycles. The molecule has 2 aliphatic rings. The maximum absolute atomic E-state index is 13.0. The van der Waals surface area contributed by atoms with Gasteiger partial charge in [0.25, 0.3) is 0 Å². The summed E-state index contributed by atoms with van der Waals surface area (Å²) in [6, 6.07) is 6.20. The normalized spacial score (nSPS) is 25.2. The molecule has 2 atom stereocenters. The van der Waals surface area contributed by atoms with Crippen molar-refractivity contribution < 1.29 is 0 Å². The van der Waals surface area contributed by atoms with E-state index in [4.69, 9.17) is 11.6 Å². The van der Waals surface area contributed by atoms with Gasteiger partial charge in [-0.3, -0.25) is 4.79 Å². The molecule has 0 spiro atoms. The number of nitrogens with zero attached hydrogens (tertiary/aromatic N) is 1. The van der Waals surface area contributed by atoms with Crippen LogP contribution in [0.5, 0.6) is 0 Å². The molecule has 0 radical (unpaired) electrons. The molecule has 1 aromatic carbocycles. The van der Waals surface area contributed by atoms with Crippen molar-refractivity contribution in [3.05, 3.63) is 38.8 Å². The van der Waals surface area contributed by atoms with Crippen LogP contribution < -0.4 is 10.3 Å². The van der Waals surface area contributed by atoms with Crippen LogP contribution in [0.1, 0.15) is 38.5 Å². The summed E-state index contributed by atoms with van der Waals surface area (Å²) in [4.78, 5) is 15.4. The van der Waals surface area contributed by atoms with Gasteiger partial charge in [-0.15, -0.1) is 11.3 Å². The van der Waals surface area contributed by atoms with Crippen LogP contribution in [-0.2, 0) is 0 Å². The van der Waals surface area contributed by atoms with Gasteiger partial charge in [-0.25, -0.2) is 0 Å². The number of piperidine rings is 1. The molecule has 116 valence electrons. The van der Waals surface area contributed by atoms with Crippen LogP contribution in [0.2, 0.25) is 5.02 Å². The van der Waals surface area contributed by atoms with Gasteiger partial charge in [0.15, 0.2) is 0 Å². The molecule has 0 bridgehead atoms. The standard InChI is InChI=1S/C18H20ClNOS/c19-13-7-8-17-14(10-13)18(21)16(11-22-17)20-9-3-5-12-4-1-2-6-15(12)20/h7-8,10-12,15H,1-6,9H2. The van der Waals surface area contributed by atoms with Crippen LogP contribution in [0.4, 0.5) is 5.69 Å². The summed E-state index contributed by atoms with van der Waals surface area (Å²) < 4.78 is 1.02. The highest BCUT2D eigenvalue weighted by molar-refractivity contribution is 7.16. The van der Waals surface area contributed by atoms with Gasteiger partial charge < -0.3 is 4.90 Å². The van der Waals surface area contributed by atoms with Gasteiger partial charge >= 0.3 is 0 Å². The van der Waals surface area contributed by atoms with Crippen molar-refractivity contribution in [1.29, 1.82) is 0 Å². The van der Waals surface area contributed by atoms with Crippen molar-refractivity contribution in [3.63, 3.8) is 0 Å². The molecular formula is C18H20ClNOS. The topological polar surface area (TPSA) is 20.3 Å². The Labute approximate surface area is 139 Å². The van der Waals surface area contributed by atoms with Gasteiger partial charge in [-0.05, 0) is 49.8 Å². The first kappa shape index (κ1) is 14.5. The minimum Gasteiger partial charge on any atom is -0.364 e. The number of hydrogen-bond donors (Lipinski definition) is 0. The summed E-state index contributed by atoms with van der Waals surface area (Å²) in [6.45, 7) is 1.02. The summed E-state index contributed by atoms with van der Waals surface area (Å²) in [7, 11) is 0. The Kier molecular flexibility index (Phi) is 3.87. The first-order valence-electron chi connectivity index (χ1n) is 8.22. The molecule has 0 amide bonds. The molecule has 4 rings (SSSR count). The molecule has 0 N–H and O–H groups in total. The first-order valence-corrected chi connectivity index (χ1v) is 9.47. The monoisotopic (exact) mass is 333 g/mol. The molecule has 22 heavy (non-hydrogen) atoms. The SMILES string of the molecule is O=c1c(N2CCCC3CCCCC32)csc2ccc(Cl)cc12. The van der Waals surface area contributed by atoms with E-state index in [9.17, 15) is 4.79 Å². The zero-order valence-corrected chi connectivity index (χ0v) is 14.1. The van der Waals surface area contributed by atoms with E-state index in [0.29, 0.717) is 11.1 Å². The Hall–Kier alpha value is -1.06.